The highest BCUT2D eigenvalue weighted by molar-refractivity contribution is 6.05. The maximum Gasteiger partial charge on any atom is 0.311 e. The molecule has 2 aromatic rings. The molecule has 0 bridgehead atoms. The van der Waals surface area contributed by atoms with Crippen molar-refractivity contribution in [1.82, 2.24) is 4.58 Å². The standard InChI is InChI=1S/C46H61N4O12/c1-9-48(21-11-13-45(55)61-10-2)38-30-39(56-5)36(29-37(38)47(3)4)46-34-16-14-32(49(22-12-26-60-31-51)23-18-42(52)57-6)27-40(34)62-41-28-33(15-17-35(41)46)50(24-19-43(53)58-7)25-20-44(54)59-8/h14-17,27-31H,9-13,18-26H2,1-8H3/q+1. The van der Waals surface area contributed by atoms with Gasteiger partial charge in [0.15, 0.2) is 6.54 Å². The van der Waals surface area contributed by atoms with E-state index in [1.807, 2.05) is 70.9 Å². The van der Waals surface area contributed by atoms with Crippen LogP contribution in [0.1, 0.15) is 52.4 Å². The van der Waals surface area contributed by atoms with Gasteiger partial charge in [0.05, 0.1) is 71.9 Å². The summed E-state index contributed by atoms with van der Waals surface area (Å²) in [4.78, 5) is 66.0. The van der Waals surface area contributed by atoms with Crippen molar-refractivity contribution in [3.63, 3.8) is 0 Å². The van der Waals surface area contributed by atoms with Crippen LogP contribution in [0.15, 0.2) is 52.9 Å². The highest BCUT2D eigenvalue weighted by Gasteiger charge is 2.26. The molecule has 336 valence electrons. The van der Waals surface area contributed by atoms with Gasteiger partial charge in [0, 0.05) is 99.1 Å². The smallest absolute Gasteiger partial charge is 0.311 e. The van der Waals surface area contributed by atoms with E-state index in [0.29, 0.717) is 81.3 Å². The summed E-state index contributed by atoms with van der Waals surface area (Å²) >= 11 is 0. The molecule has 0 spiro atoms. The van der Waals surface area contributed by atoms with E-state index in [2.05, 4.69) is 17.9 Å². The first-order chi connectivity index (χ1) is 29.9. The molecular formula is C46H61N4O12+. The lowest BCUT2D eigenvalue weighted by molar-refractivity contribution is -0.143. The second-order valence-corrected chi connectivity index (χ2v) is 14.5. The van der Waals surface area contributed by atoms with Crippen molar-refractivity contribution in [3.8, 4) is 28.2 Å². The minimum absolute atomic E-state index is 0.0902. The summed E-state index contributed by atoms with van der Waals surface area (Å²) in [5.74, 6) is -0.205. The minimum Gasteiger partial charge on any atom is -0.496 e. The fourth-order valence-electron chi connectivity index (χ4n) is 7.29. The van der Waals surface area contributed by atoms with Crippen LogP contribution in [0.4, 0.5) is 17.1 Å². The third kappa shape index (κ3) is 12.8. The Morgan fingerprint density at radius 1 is 0.710 bits per heavy atom. The van der Waals surface area contributed by atoms with E-state index in [0.717, 1.165) is 38.8 Å². The van der Waals surface area contributed by atoms with E-state index in [4.69, 9.17) is 32.8 Å². The molecule has 2 aromatic carbocycles. The summed E-state index contributed by atoms with van der Waals surface area (Å²) in [7, 11) is 9.62. The highest BCUT2D eigenvalue weighted by atomic mass is 16.5. The molecule has 1 aliphatic carbocycles. The molecule has 0 N–H and O–H groups in total. The normalized spacial score (nSPS) is 11.4. The first-order valence-electron chi connectivity index (χ1n) is 20.8. The molecule has 1 heterocycles. The van der Waals surface area contributed by atoms with Crippen LogP contribution in [0.5, 0.6) is 5.75 Å². The van der Waals surface area contributed by atoms with E-state index < -0.39 is 0 Å². The van der Waals surface area contributed by atoms with Gasteiger partial charge in [-0.1, -0.05) is 0 Å². The van der Waals surface area contributed by atoms with Gasteiger partial charge >= 0.3 is 23.9 Å². The van der Waals surface area contributed by atoms with Gasteiger partial charge in [0.25, 0.3) is 6.47 Å². The van der Waals surface area contributed by atoms with Crippen LogP contribution in [0.25, 0.3) is 33.4 Å². The number of rotatable bonds is 25. The maximum atomic E-state index is 12.3. The average Bonchev–Trinajstić information content (AvgIpc) is 3.28. The first-order valence-corrected chi connectivity index (χ1v) is 20.8. The zero-order valence-corrected chi connectivity index (χ0v) is 37.3. The molecule has 62 heavy (non-hydrogen) atoms. The zero-order valence-electron chi connectivity index (χ0n) is 37.3. The molecule has 4 rings (SSSR count). The lowest BCUT2D eigenvalue weighted by Crippen LogP contribution is -2.33. The predicted molar refractivity (Wildman–Crippen MR) is 237 cm³/mol. The number of methoxy groups -OCH3 is 4. The van der Waals surface area contributed by atoms with Gasteiger partial charge in [-0.3, -0.25) is 24.0 Å². The molecule has 0 saturated carbocycles. The van der Waals surface area contributed by atoms with Gasteiger partial charge in [-0.05, 0) is 44.5 Å². The number of hydrogen-bond donors (Lipinski definition) is 0. The molecule has 16 nitrogen and oxygen atoms in total. The van der Waals surface area contributed by atoms with Crippen molar-refractivity contribution in [1.29, 1.82) is 0 Å². The average molecular weight is 862 g/mol. The fourth-order valence-corrected chi connectivity index (χ4v) is 7.29. The number of carbonyl (C=O) groups excluding carboxylic acids is 5. The number of anilines is 3. The molecule has 16 heteroatoms. The lowest BCUT2D eigenvalue weighted by atomic mass is 9.92. The molecule has 1 aliphatic heterocycles. The molecule has 0 unspecified atom stereocenters. The third-order valence-electron chi connectivity index (χ3n) is 10.5. The fraction of sp³-hybridized carbons (Fsp3) is 0.478. The Balaban J connectivity index is 2.03. The largest absolute Gasteiger partial charge is 0.496 e. The monoisotopic (exact) mass is 861 g/mol. The molecule has 0 atom stereocenters. The number of fused-ring (bicyclic) bond motifs is 2. The van der Waals surface area contributed by atoms with Crippen LogP contribution in [0, 0.1) is 0 Å². The van der Waals surface area contributed by atoms with Gasteiger partial charge in [0.1, 0.15) is 30.1 Å². The number of esters is 4. The summed E-state index contributed by atoms with van der Waals surface area (Å²) in [6, 6.07) is 15.8. The number of ether oxygens (including phenoxy) is 6. The van der Waals surface area contributed by atoms with Gasteiger partial charge in [-0.15, -0.1) is 0 Å². The van der Waals surface area contributed by atoms with Crippen molar-refractivity contribution < 1.29 is 56.8 Å². The molecule has 0 aromatic heterocycles. The van der Waals surface area contributed by atoms with Crippen molar-refractivity contribution in [2.45, 2.75) is 52.4 Å². The second-order valence-electron chi connectivity index (χ2n) is 14.5. The molecule has 0 radical (unpaired) electrons. The van der Waals surface area contributed by atoms with E-state index in [9.17, 15) is 24.0 Å². The summed E-state index contributed by atoms with van der Waals surface area (Å²) in [5.41, 5.74) is 5.53. The molecule has 2 aliphatic rings. The van der Waals surface area contributed by atoms with Gasteiger partial charge < -0.3 is 47.5 Å². The molecular weight excluding hydrogens is 801 g/mol. The first kappa shape index (κ1) is 48.3. The van der Waals surface area contributed by atoms with Crippen LogP contribution in [-0.4, -0.2) is 125 Å². The van der Waals surface area contributed by atoms with E-state index in [1.165, 1.54) is 21.3 Å². The predicted octanol–water partition coefficient (Wildman–Crippen LogP) is 5.28. The Labute approximate surface area is 363 Å². The van der Waals surface area contributed by atoms with Gasteiger partial charge in [0.2, 0.25) is 5.36 Å². The molecule has 0 fully saturated rings. The Bertz CT molecular complexity index is 2180. The van der Waals surface area contributed by atoms with Gasteiger partial charge in [-0.2, -0.15) is 0 Å². The second kappa shape index (κ2) is 24.2. The van der Waals surface area contributed by atoms with E-state index >= 15 is 0 Å². The number of benzene rings is 3. The zero-order chi connectivity index (χ0) is 45.2. The Morgan fingerprint density at radius 3 is 2.02 bits per heavy atom. The maximum absolute atomic E-state index is 12.3. The number of carbonyl (C=O) groups is 5. The number of nitrogens with zero attached hydrogens (tertiary/aromatic N) is 4. The van der Waals surface area contributed by atoms with E-state index in [1.54, 1.807) is 14.0 Å². The molecule has 0 amide bonds. The summed E-state index contributed by atoms with van der Waals surface area (Å²) in [5, 5.41) is 1.55. The summed E-state index contributed by atoms with van der Waals surface area (Å²) < 4.78 is 39.9. The number of hydrogen-bond acceptors (Lipinski definition) is 15. The molecule has 0 saturated heterocycles. The SMILES string of the molecule is CCOC(=O)CCCN(CC)c1cc(OC)c(-c2c3ccc(=[N+](CCCOC=O)CCC(=O)OC)cc-3oc3cc(N(CCC(=O)OC)CCC(=O)OC)ccc23)cc1N(C)C. The van der Waals surface area contributed by atoms with E-state index in [-0.39, 0.29) is 62.8 Å². The van der Waals surface area contributed by atoms with Crippen LogP contribution in [0.2, 0.25) is 0 Å². The summed E-state index contributed by atoms with van der Waals surface area (Å²) in [6.07, 6.45) is 1.75. The van der Waals surface area contributed by atoms with Gasteiger partial charge in [-0.25, -0.2) is 4.58 Å². The third-order valence-corrected chi connectivity index (χ3v) is 10.5. The van der Waals surface area contributed by atoms with Crippen molar-refractivity contribution in [2.75, 3.05) is 110 Å². The Hall–Kier alpha value is -6.32. The van der Waals surface area contributed by atoms with Crippen LogP contribution in [0.3, 0.4) is 0 Å². The van der Waals surface area contributed by atoms with Crippen molar-refractivity contribution in [2.24, 2.45) is 0 Å². The highest BCUT2D eigenvalue weighted by Crippen LogP contribution is 2.47. The van der Waals surface area contributed by atoms with Crippen molar-refractivity contribution >= 4 is 58.4 Å². The van der Waals surface area contributed by atoms with Crippen LogP contribution in [-0.2, 0) is 47.7 Å². The van der Waals surface area contributed by atoms with Crippen LogP contribution >= 0.6 is 0 Å². The Kier molecular flexibility index (Phi) is 18.9. The van der Waals surface area contributed by atoms with Crippen molar-refractivity contribution in [3.05, 3.63) is 53.9 Å². The Morgan fingerprint density at radius 2 is 1.40 bits per heavy atom. The topological polar surface area (TPSA) is 167 Å². The summed E-state index contributed by atoms with van der Waals surface area (Å²) in [6.45, 7) is 7.51. The minimum atomic E-state index is -0.387. The quantitative estimate of drug-likeness (QED) is 0.0211. The van der Waals surface area contributed by atoms with Crippen LogP contribution < -0.4 is 29.4 Å². The lowest BCUT2D eigenvalue weighted by Gasteiger charge is -2.30.